The number of likely N-dealkylation sites (tertiary alicyclic amines) is 1. The van der Waals surface area contributed by atoms with Gasteiger partial charge in [-0.25, -0.2) is 0 Å². The molecule has 1 saturated heterocycles. The third-order valence-electron chi connectivity index (χ3n) is 5.60. The molecule has 0 spiro atoms. The molecule has 0 atom stereocenters. The third kappa shape index (κ3) is 6.01. The Balaban J connectivity index is 1.41. The summed E-state index contributed by atoms with van der Waals surface area (Å²) >= 11 is 0. The molecule has 1 N–H and O–H groups in total. The average Bonchev–Trinajstić information content (AvgIpc) is 3.20. The summed E-state index contributed by atoms with van der Waals surface area (Å²) in [6, 6.07) is 12.2. The lowest BCUT2D eigenvalue weighted by Crippen LogP contribution is -2.46. The van der Waals surface area contributed by atoms with Crippen molar-refractivity contribution in [3.8, 4) is 5.75 Å². The molecule has 5 heteroatoms. The number of hydrogen-bond donors (Lipinski definition) is 1. The molecule has 28 heavy (non-hydrogen) atoms. The molecule has 1 aromatic carbocycles. The van der Waals surface area contributed by atoms with E-state index in [9.17, 15) is 5.11 Å². The largest absolute Gasteiger partial charge is 0.491 e. The van der Waals surface area contributed by atoms with Gasteiger partial charge in [-0.05, 0) is 69.5 Å². The van der Waals surface area contributed by atoms with Gasteiger partial charge >= 0.3 is 0 Å². The molecule has 1 aliphatic rings. The first kappa shape index (κ1) is 20.7. The Morgan fingerprint density at radius 2 is 1.89 bits per heavy atom. The van der Waals surface area contributed by atoms with Crippen LogP contribution >= 0.6 is 0 Å². The van der Waals surface area contributed by atoms with Crippen molar-refractivity contribution in [2.24, 2.45) is 0 Å². The first-order chi connectivity index (χ1) is 13.4. The minimum Gasteiger partial charge on any atom is -0.491 e. The van der Waals surface area contributed by atoms with E-state index in [4.69, 9.17) is 9.15 Å². The first-order valence-electron chi connectivity index (χ1n) is 10.4. The van der Waals surface area contributed by atoms with E-state index in [2.05, 4.69) is 29.0 Å². The second kappa shape index (κ2) is 9.48. The quantitative estimate of drug-likeness (QED) is 0.707. The van der Waals surface area contributed by atoms with Gasteiger partial charge in [0.05, 0.1) is 18.0 Å². The maximum absolute atomic E-state index is 11.0. The van der Waals surface area contributed by atoms with Crippen LogP contribution in [0.1, 0.15) is 38.9 Å². The van der Waals surface area contributed by atoms with Gasteiger partial charge in [-0.2, -0.15) is 0 Å². The van der Waals surface area contributed by atoms with Crippen molar-refractivity contribution >= 4 is 5.69 Å². The van der Waals surface area contributed by atoms with Gasteiger partial charge in [0.15, 0.2) is 0 Å². The second-order valence-corrected chi connectivity index (χ2v) is 8.23. The zero-order valence-electron chi connectivity index (χ0n) is 17.4. The van der Waals surface area contributed by atoms with Crippen molar-refractivity contribution in [3.63, 3.8) is 0 Å². The van der Waals surface area contributed by atoms with E-state index in [-0.39, 0.29) is 6.10 Å². The fourth-order valence-corrected chi connectivity index (χ4v) is 3.72. The molecular formula is C23H34N2O3. The first-order valence-corrected chi connectivity index (χ1v) is 10.4. The molecule has 1 fully saturated rings. The highest BCUT2D eigenvalue weighted by atomic mass is 16.5. The fourth-order valence-electron chi connectivity index (χ4n) is 3.72. The van der Waals surface area contributed by atoms with Gasteiger partial charge in [0, 0.05) is 45.3 Å². The number of piperidine rings is 1. The molecule has 1 aliphatic heterocycles. The van der Waals surface area contributed by atoms with Crippen LogP contribution in [-0.4, -0.2) is 54.9 Å². The summed E-state index contributed by atoms with van der Waals surface area (Å²) in [6.45, 7) is 7.79. The standard InChI is InChI=1S/C23H34N2O3/c1-19(2)28-22-8-6-20(7-9-22)24(3)15-11-23(26)12-16-25(17-13-23)14-10-21-5-4-18-27-21/h4-9,18-19,26H,10-17H2,1-3H3. The Hall–Kier alpha value is -1.98. The summed E-state index contributed by atoms with van der Waals surface area (Å²) in [5.74, 6) is 1.93. The predicted molar refractivity (Wildman–Crippen MR) is 113 cm³/mol. The van der Waals surface area contributed by atoms with Crippen molar-refractivity contribution < 1.29 is 14.3 Å². The molecule has 154 valence electrons. The van der Waals surface area contributed by atoms with Crippen molar-refractivity contribution in [1.82, 2.24) is 4.90 Å². The predicted octanol–water partition coefficient (Wildman–Crippen LogP) is 3.96. The lowest BCUT2D eigenvalue weighted by Gasteiger charge is -2.39. The lowest BCUT2D eigenvalue weighted by atomic mass is 9.88. The van der Waals surface area contributed by atoms with E-state index < -0.39 is 5.60 Å². The van der Waals surface area contributed by atoms with Crippen LogP contribution in [0.3, 0.4) is 0 Å². The van der Waals surface area contributed by atoms with E-state index >= 15 is 0 Å². The number of nitrogens with zero attached hydrogens (tertiary/aromatic N) is 2. The number of benzene rings is 1. The summed E-state index contributed by atoms with van der Waals surface area (Å²) in [6.07, 6.45) is 5.30. The molecule has 0 saturated carbocycles. The van der Waals surface area contributed by atoms with Crippen LogP contribution in [0, 0.1) is 0 Å². The molecule has 0 bridgehead atoms. The van der Waals surface area contributed by atoms with Gasteiger partial charge in [0.25, 0.3) is 0 Å². The highest BCUT2D eigenvalue weighted by Gasteiger charge is 2.32. The maximum Gasteiger partial charge on any atom is 0.119 e. The molecule has 0 amide bonds. The van der Waals surface area contributed by atoms with Crippen molar-refractivity contribution in [3.05, 3.63) is 48.4 Å². The molecule has 1 aromatic heterocycles. The van der Waals surface area contributed by atoms with Crippen LogP contribution in [0.2, 0.25) is 0 Å². The Labute approximate surface area is 168 Å². The normalized spacial score (nSPS) is 17.0. The van der Waals surface area contributed by atoms with Crippen LogP contribution < -0.4 is 9.64 Å². The van der Waals surface area contributed by atoms with Crippen LogP contribution in [-0.2, 0) is 6.42 Å². The summed E-state index contributed by atoms with van der Waals surface area (Å²) < 4.78 is 11.1. The van der Waals surface area contributed by atoms with Gasteiger partial charge in [-0.3, -0.25) is 0 Å². The Morgan fingerprint density at radius 3 is 2.50 bits per heavy atom. The number of rotatable bonds is 9. The van der Waals surface area contributed by atoms with E-state index in [1.165, 1.54) is 0 Å². The highest BCUT2D eigenvalue weighted by molar-refractivity contribution is 5.48. The van der Waals surface area contributed by atoms with Gasteiger partial charge in [0.1, 0.15) is 11.5 Å². The average molecular weight is 387 g/mol. The van der Waals surface area contributed by atoms with E-state index in [1.807, 2.05) is 38.1 Å². The zero-order chi connectivity index (χ0) is 20.0. The van der Waals surface area contributed by atoms with Gasteiger partial charge in [-0.15, -0.1) is 0 Å². The van der Waals surface area contributed by atoms with E-state index in [0.29, 0.717) is 0 Å². The molecular weight excluding hydrogens is 352 g/mol. The molecule has 3 rings (SSSR count). The van der Waals surface area contributed by atoms with Crippen LogP contribution in [0.4, 0.5) is 5.69 Å². The van der Waals surface area contributed by atoms with Crippen molar-refractivity contribution in [2.45, 2.75) is 51.2 Å². The molecule has 0 aliphatic carbocycles. The van der Waals surface area contributed by atoms with Crippen molar-refractivity contribution in [1.29, 1.82) is 0 Å². The van der Waals surface area contributed by atoms with Crippen LogP contribution in [0.25, 0.3) is 0 Å². The fraction of sp³-hybridized carbons (Fsp3) is 0.565. The SMILES string of the molecule is CC(C)Oc1ccc(N(C)CCC2(O)CCN(CCc3ccco3)CC2)cc1. The van der Waals surface area contributed by atoms with E-state index in [0.717, 1.165) is 69.1 Å². The molecule has 0 unspecified atom stereocenters. The summed E-state index contributed by atoms with van der Waals surface area (Å²) in [5.41, 5.74) is 0.589. The van der Waals surface area contributed by atoms with Gasteiger partial charge < -0.3 is 24.1 Å². The number of aliphatic hydroxyl groups is 1. The van der Waals surface area contributed by atoms with Crippen LogP contribution in [0.5, 0.6) is 5.75 Å². The molecule has 2 heterocycles. The summed E-state index contributed by atoms with van der Waals surface area (Å²) in [4.78, 5) is 4.63. The monoisotopic (exact) mass is 386 g/mol. The third-order valence-corrected chi connectivity index (χ3v) is 5.60. The van der Waals surface area contributed by atoms with E-state index in [1.54, 1.807) is 6.26 Å². The summed E-state index contributed by atoms with van der Waals surface area (Å²) in [7, 11) is 2.08. The summed E-state index contributed by atoms with van der Waals surface area (Å²) in [5, 5.41) is 11.0. The highest BCUT2D eigenvalue weighted by Crippen LogP contribution is 2.27. The molecule has 0 radical (unpaired) electrons. The minimum absolute atomic E-state index is 0.183. The maximum atomic E-state index is 11.0. The van der Waals surface area contributed by atoms with Crippen molar-refractivity contribution in [2.75, 3.05) is 38.1 Å². The van der Waals surface area contributed by atoms with Crippen LogP contribution in [0.15, 0.2) is 47.1 Å². The molecule has 5 nitrogen and oxygen atoms in total. The smallest absolute Gasteiger partial charge is 0.119 e. The number of hydrogen-bond acceptors (Lipinski definition) is 5. The number of anilines is 1. The zero-order valence-corrected chi connectivity index (χ0v) is 17.4. The van der Waals surface area contributed by atoms with Gasteiger partial charge in [-0.1, -0.05) is 0 Å². The second-order valence-electron chi connectivity index (χ2n) is 8.23. The Kier molecular flexibility index (Phi) is 7.03. The topological polar surface area (TPSA) is 49.1 Å². The Morgan fingerprint density at radius 1 is 1.18 bits per heavy atom. The minimum atomic E-state index is -0.559. The number of ether oxygens (including phenoxy) is 1. The van der Waals surface area contributed by atoms with Gasteiger partial charge in [0.2, 0.25) is 0 Å². The molecule has 2 aromatic rings. The number of furan rings is 1. The lowest BCUT2D eigenvalue weighted by molar-refractivity contribution is -0.0256. The Bertz CT molecular complexity index is 689.